The van der Waals surface area contributed by atoms with E-state index in [1.165, 1.54) is 36.3 Å². The molecule has 1 N–H and O–H groups in total. The number of hydrogen-bond donors (Lipinski definition) is 1. The molecule has 0 unspecified atom stereocenters. The zero-order valence-corrected chi connectivity index (χ0v) is 21.3. The van der Waals surface area contributed by atoms with Gasteiger partial charge >= 0.3 is 0 Å². The van der Waals surface area contributed by atoms with E-state index < -0.39 is 0 Å². The molecule has 180 valence electrons. The topological polar surface area (TPSA) is 91.8 Å². The monoisotopic (exact) mass is 520 g/mol. The number of nitrogens with one attached hydrogen (secondary N) is 1. The van der Waals surface area contributed by atoms with Crippen LogP contribution in [-0.2, 0) is 9.59 Å². The van der Waals surface area contributed by atoms with Crippen LogP contribution in [0.2, 0.25) is 5.02 Å². The van der Waals surface area contributed by atoms with Gasteiger partial charge in [-0.2, -0.15) is 0 Å². The molecular formula is C23H25ClN4O4S2. The fraction of sp³-hybridized carbons (Fsp3) is 0.391. The Hall–Kier alpha value is -2.56. The molecule has 8 nitrogen and oxygen atoms in total. The van der Waals surface area contributed by atoms with Crippen LogP contribution in [0.15, 0.2) is 40.1 Å². The number of carbonyl (C=O) groups is 3. The standard InChI is InChI=1S/C23H25ClN4O4S2/c1-4-19(29)28-8-7-27(12-13(28)2)22(31)15-9-18(16(24)10-17(15)32-3)33-20-11-25-23(34-20)26-21(30)14-5-6-14/h4,9-11,13-14H,1,5-8,12H2,2-3H3,(H,25,26,30)/t13-/m1/s1. The fourth-order valence-corrected chi connectivity index (χ4v) is 5.88. The van der Waals surface area contributed by atoms with Gasteiger partial charge in [0.2, 0.25) is 11.8 Å². The summed E-state index contributed by atoms with van der Waals surface area (Å²) in [6.07, 6.45) is 4.82. The van der Waals surface area contributed by atoms with Crippen LogP contribution in [0.3, 0.4) is 0 Å². The molecule has 3 amide bonds. The van der Waals surface area contributed by atoms with Crippen molar-refractivity contribution in [1.82, 2.24) is 14.8 Å². The largest absolute Gasteiger partial charge is 0.496 e. The Bertz CT molecular complexity index is 1130. The van der Waals surface area contributed by atoms with Crippen LogP contribution in [0.1, 0.15) is 30.1 Å². The van der Waals surface area contributed by atoms with E-state index in [-0.39, 0.29) is 29.7 Å². The van der Waals surface area contributed by atoms with Crippen molar-refractivity contribution in [3.8, 4) is 5.75 Å². The van der Waals surface area contributed by atoms with Crippen LogP contribution in [-0.4, -0.2) is 65.3 Å². The molecule has 0 radical (unpaired) electrons. The third kappa shape index (κ3) is 5.39. The molecule has 2 heterocycles. The number of rotatable bonds is 7. The number of carbonyl (C=O) groups excluding carboxylic acids is 3. The maximum absolute atomic E-state index is 13.4. The quantitative estimate of drug-likeness (QED) is 0.551. The van der Waals surface area contributed by atoms with Crippen molar-refractivity contribution in [2.24, 2.45) is 5.92 Å². The van der Waals surface area contributed by atoms with E-state index in [0.29, 0.717) is 46.0 Å². The molecular weight excluding hydrogens is 496 g/mol. The van der Waals surface area contributed by atoms with Gasteiger partial charge in [0.15, 0.2) is 5.13 Å². The Morgan fingerprint density at radius 1 is 1.32 bits per heavy atom. The number of amides is 3. The normalized spacial score (nSPS) is 17.9. The number of halogens is 1. The van der Waals surface area contributed by atoms with Gasteiger partial charge in [-0.05, 0) is 31.9 Å². The molecule has 2 aliphatic rings. The number of piperazine rings is 1. The summed E-state index contributed by atoms with van der Waals surface area (Å²) >= 11 is 9.22. The fourth-order valence-electron chi connectivity index (χ4n) is 3.73. The highest BCUT2D eigenvalue weighted by atomic mass is 35.5. The lowest BCUT2D eigenvalue weighted by molar-refractivity contribution is -0.129. The zero-order chi connectivity index (χ0) is 24.4. The summed E-state index contributed by atoms with van der Waals surface area (Å²) in [6.45, 7) is 6.71. The van der Waals surface area contributed by atoms with Crippen molar-refractivity contribution in [3.05, 3.63) is 41.6 Å². The Labute approximate surface area is 211 Å². The predicted octanol–water partition coefficient (Wildman–Crippen LogP) is 4.16. The van der Waals surface area contributed by atoms with E-state index in [1.807, 2.05) is 6.92 Å². The number of aromatic nitrogens is 1. The third-order valence-electron chi connectivity index (χ3n) is 5.73. The van der Waals surface area contributed by atoms with Gasteiger partial charge < -0.3 is 19.9 Å². The zero-order valence-electron chi connectivity index (χ0n) is 18.9. The van der Waals surface area contributed by atoms with Crippen LogP contribution in [0.5, 0.6) is 5.75 Å². The minimum atomic E-state index is -0.186. The highest BCUT2D eigenvalue weighted by molar-refractivity contribution is 8.01. The lowest BCUT2D eigenvalue weighted by Gasteiger charge is -2.39. The second kappa shape index (κ2) is 10.4. The highest BCUT2D eigenvalue weighted by Gasteiger charge is 2.31. The first-order valence-corrected chi connectivity index (χ1v) is 12.9. The summed E-state index contributed by atoms with van der Waals surface area (Å²) in [5.74, 6) is 0.168. The van der Waals surface area contributed by atoms with Crippen LogP contribution in [0.4, 0.5) is 5.13 Å². The summed E-state index contributed by atoms with van der Waals surface area (Å²) in [7, 11) is 1.50. The molecule has 2 fully saturated rings. The maximum atomic E-state index is 13.4. The van der Waals surface area contributed by atoms with E-state index in [0.717, 1.165) is 17.1 Å². The van der Waals surface area contributed by atoms with Crippen molar-refractivity contribution < 1.29 is 19.1 Å². The Kier molecular flexibility index (Phi) is 7.49. The van der Waals surface area contributed by atoms with E-state index in [4.69, 9.17) is 16.3 Å². The molecule has 1 atom stereocenters. The lowest BCUT2D eigenvalue weighted by atomic mass is 10.1. The number of hydrogen-bond acceptors (Lipinski definition) is 7. The molecule has 1 aliphatic carbocycles. The van der Waals surface area contributed by atoms with Gasteiger partial charge in [0.25, 0.3) is 5.91 Å². The Morgan fingerprint density at radius 2 is 2.09 bits per heavy atom. The van der Waals surface area contributed by atoms with Crippen molar-refractivity contribution in [3.63, 3.8) is 0 Å². The lowest BCUT2D eigenvalue weighted by Crippen LogP contribution is -2.55. The molecule has 1 saturated carbocycles. The Morgan fingerprint density at radius 3 is 2.74 bits per heavy atom. The number of anilines is 1. The van der Waals surface area contributed by atoms with Gasteiger partial charge in [0.1, 0.15) is 5.75 Å². The van der Waals surface area contributed by atoms with E-state index in [9.17, 15) is 14.4 Å². The van der Waals surface area contributed by atoms with E-state index in [1.54, 1.807) is 28.1 Å². The second-order valence-electron chi connectivity index (χ2n) is 8.17. The number of methoxy groups -OCH3 is 1. The van der Waals surface area contributed by atoms with Gasteiger partial charge in [-0.15, -0.1) is 0 Å². The van der Waals surface area contributed by atoms with Crippen LogP contribution >= 0.6 is 34.7 Å². The summed E-state index contributed by atoms with van der Waals surface area (Å²) < 4.78 is 6.28. The molecule has 1 aromatic carbocycles. The molecule has 1 saturated heterocycles. The maximum Gasteiger partial charge on any atom is 0.257 e. The van der Waals surface area contributed by atoms with E-state index >= 15 is 0 Å². The SMILES string of the molecule is C=CC(=O)N1CCN(C(=O)c2cc(Sc3cnc(NC(=O)C4CC4)s3)c(Cl)cc2OC)C[C@H]1C. The van der Waals surface area contributed by atoms with Gasteiger partial charge in [0.05, 0.1) is 28.1 Å². The predicted molar refractivity (Wildman–Crippen MR) is 133 cm³/mol. The van der Waals surface area contributed by atoms with Crippen molar-refractivity contribution in [2.75, 3.05) is 32.1 Å². The minimum absolute atomic E-state index is 0.00498. The van der Waals surface area contributed by atoms with Crippen LogP contribution in [0.25, 0.3) is 0 Å². The molecule has 0 bridgehead atoms. The second-order valence-corrected chi connectivity index (χ2v) is 10.9. The first-order chi connectivity index (χ1) is 16.3. The number of nitrogens with zero attached hydrogens (tertiary/aromatic N) is 3. The first kappa shape index (κ1) is 24.6. The Balaban J connectivity index is 1.50. The minimum Gasteiger partial charge on any atom is -0.496 e. The molecule has 4 rings (SSSR count). The number of ether oxygens (including phenoxy) is 1. The van der Waals surface area contributed by atoms with Crippen LogP contribution < -0.4 is 10.1 Å². The van der Waals surface area contributed by atoms with Gasteiger partial charge in [-0.1, -0.05) is 41.3 Å². The molecule has 11 heteroatoms. The van der Waals surface area contributed by atoms with Crippen molar-refractivity contribution >= 4 is 57.6 Å². The van der Waals surface area contributed by atoms with Crippen molar-refractivity contribution in [1.29, 1.82) is 0 Å². The average Bonchev–Trinajstić information content (AvgIpc) is 3.60. The highest BCUT2D eigenvalue weighted by Crippen LogP contribution is 2.41. The van der Waals surface area contributed by atoms with Gasteiger partial charge in [-0.3, -0.25) is 14.4 Å². The first-order valence-electron chi connectivity index (χ1n) is 10.8. The molecule has 0 spiro atoms. The molecule has 1 aromatic heterocycles. The summed E-state index contributed by atoms with van der Waals surface area (Å²) in [4.78, 5) is 45.8. The smallest absolute Gasteiger partial charge is 0.257 e. The molecule has 2 aromatic rings. The number of benzene rings is 1. The average molecular weight is 521 g/mol. The summed E-state index contributed by atoms with van der Waals surface area (Å²) in [6, 6.07) is 3.23. The van der Waals surface area contributed by atoms with Gasteiger partial charge in [0, 0.05) is 42.6 Å². The third-order valence-corrected chi connectivity index (χ3v) is 8.23. The molecule has 34 heavy (non-hydrogen) atoms. The van der Waals surface area contributed by atoms with Crippen molar-refractivity contribution in [2.45, 2.75) is 34.9 Å². The van der Waals surface area contributed by atoms with E-state index in [2.05, 4.69) is 16.9 Å². The number of thiazole rings is 1. The van der Waals surface area contributed by atoms with Crippen LogP contribution in [0, 0.1) is 5.92 Å². The van der Waals surface area contributed by atoms with Gasteiger partial charge in [-0.25, -0.2) is 4.98 Å². The molecule has 1 aliphatic heterocycles. The summed E-state index contributed by atoms with van der Waals surface area (Å²) in [5.41, 5.74) is 0.400. The summed E-state index contributed by atoms with van der Waals surface area (Å²) in [5, 5.41) is 3.83.